The lowest BCUT2D eigenvalue weighted by molar-refractivity contribution is -0.142. The number of aryl methyl sites for hydroxylation is 1. The fraction of sp³-hybridized carbons (Fsp3) is 0.360. The van der Waals surface area contributed by atoms with Crippen LogP contribution in [0.3, 0.4) is 0 Å². The van der Waals surface area contributed by atoms with E-state index in [1.165, 1.54) is 16.8 Å². The highest BCUT2D eigenvalue weighted by molar-refractivity contribution is 6.07. The Hall–Kier alpha value is -3.16. The molecule has 0 spiro atoms. The fourth-order valence-electron chi connectivity index (χ4n) is 4.95. The molecule has 2 aromatic carbocycles. The van der Waals surface area contributed by atoms with E-state index in [-0.39, 0.29) is 23.3 Å². The van der Waals surface area contributed by atoms with Crippen molar-refractivity contribution in [3.8, 4) is 5.69 Å². The van der Waals surface area contributed by atoms with E-state index in [0.717, 1.165) is 18.4 Å². The van der Waals surface area contributed by atoms with Gasteiger partial charge in [0.2, 0.25) is 0 Å². The SMILES string of the molecule is CC1CCc2cc(F)ccc2N1C(=O)c1ccc(-n2nc(C(F)(F)F)c3c2CCCC3)cc1. The monoisotopic (exact) mass is 457 g/mol. The minimum absolute atomic E-state index is 0.0531. The van der Waals surface area contributed by atoms with E-state index >= 15 is 0 Å². The number of nitrogens with zero attached hydrogens (tertiary/aromatic N) is 3. The number of amides is 1. The first kappa shape index (κ1) is 21.7. The molecule has 0 bridgehead atoms. The molecule has 0 saturated heterocycles. The van der Waals surface area contributed by atoms with Gasteiger partial charge in [-0.1, -0.05) is 0 Å². The van der Waals surface area contributed by atoms with Crippen molar-refractivity contribution >= 4 is 11.6 Å². The first-order chi connectivity index (χ1) is 15.7. The third kappa shape index (κ3) is 3.81. The van der Waals surface area contributed by atoms with Crippen molar-refractivity contribution in [3.05, 3.63) is 76.4 Å². The maximum Gasteiger partial charge on any atom is 0.435 e. The Balaban J connectivity index is 1.48. The van der Waals surface area contributed by atoms with Crippen LogP contribution in [0.2, 0.25) is 0 Å². The average molecular weight is 457 g/mol. The van der Waals surface area contributed by atoms with E-state index < -0.39 is 11.9 Å². The summed E-state index contributed by atoms with van der Waals surface area (Å²) >= 11 is 0. The van der Waals surface area contributed by atoms with Gasteiger partial charge in [0, 0.05) is 28.6 Å². The van der Waals surface area contributed by atoms with Crippen LogP contribution in [-0.2, 0) is 25.4 Å². The lowest BCUT2D eigenvalue weighted by atomic mass is 9.95. The Labute approximate surface area is 188 Å². The van der Waals surface area contributed by atoms with Crippen molar-refractivity contribution in [2.24, 2.45) is 0 Å². The summed E-state index contributed by atoms with van der Waals surface area (Å²) in [5.74, 6) is -0.555. The van der Waals surface area contributed by atoms with Crippen LogP contribution >= 0.6 is 0 Å². The van der Waals surface area contributed by atoms with Gasteiger partial charge >= 0.3 is 6.18 Å². The second-order valence-corrected chi connectivity index (χ2v) is 8.77. The number of hydrogen-bond acceptors (Lipinski definition) is 2. The number of rotatable bonds is 2. The highest BCUT2D eigenvalue weighted by atomic mass is 19.4. The Morgan fingerprint density at radius 2 is 1.76 bits per heavy atom. The zero-order chi connectivity index (χ0) is 23.3. The molecule has 1 amide bonds. The molecule has 1 atom stereocenters. The van der Waals surface area contributed by atoms with E-state index in [1.54, 1.807) is 35.2 Å². The van der Waals surface area contributed by atoms with Crippen LogP contribution in [0, 0.1) is 5.82 Å². The first-order valence-corrected chi connectivity index (χ1v) is 11.1. The van der Waals surface area contributed by atoms with Crippen molar-refractivity contribution in [1.82, 2.24) is 9.78 Å². The highest BCUT2D eigenvalue weighted by Gasteiger charge is 2.39. The van der Waals surface area contributed by atoms with Gasteiger partial charge in [0.25, 0.3) is 5.91 Å². The summed E-state index contributed by atoms with van der Waals surface area (Å²) in [5.41, 5.74) is 2.45. The van der Waals surface area contributed by atoms with Crippen LogP contribution in [0.1, 0.15) is 59.1 Å². The average Bonchev–Trinajstić information content (AvgIpc) is 3.19. The molecule has 0 saturated carbocycles. The third-order valence-corrected chi connectivity index (χ3v) is 6.60. The van der Waals surface area contributed by atoms with Crippen molar-refractivity contribution < 1.29 is 22.4 Å². The van der Waals surface area contributed by atoms with Crippen LogP contribution in [0.15, 0.2) is 42.5 Å². The van der Waals surface area contributed by atoms with Crippen LogP contribution in [0.4, 0.5) is 23.2 Å². The smallest absolute Gasteiger partial charge is 0.305 e. The van der Waals surface area contributed by atoms with Gasteiger partial charge < -0.3 is 4.90 Å². The van der Waals surface area contributed by atoms with E-state index in [4.69, 9.17) is 0 Å². The molecule has 0 N–H and O–H groups in total. The van der Waals surface area contributed by atoms with E-state index in [0.29, 0.717) is 48.3 Å². The zero-order valence-electron chi connectivity index (χ0n) is 18.1. The van der Waals surface area contributed by atoms with E-state index in [1.807, 2.05) is 6.92 Å². The van der Waals surface area contributed by atoms with Crippen LogP contribution in [-0.4, -0.2) is 21.7 Å². The number of hydrogen-bond donors (Lipinski definition) is 0. The Bertz CT molecular complexity index is 1210. The summed E-state index contributed by atoms with van der Waals surface area (Å²) in [5, 5.41) is 3.91. The van der Waals surface area contributed by atoms with Gasteiger partial charge in [-0.3, -0.25) is 4.79 Å². The maximum absolute atomic E-state index is 13.7. The van der Waals surface area contributed by atoms with Crippen LogP contribution < -0.4 is 4.90 Å². The molecule has 172 valence electrons. The molecule has 1 aliphatic heterocycles. The topological polar surface area (TPSA) is 38.1 Å². The van der Waals surface area contributed by atoms with Gasteiger partial charge in [-0.2, -0.15) is 18.3 Å². The molecule has 4 nitrogen and oxygen atoms in total. The fourth-order valence-corrected chi connectivity index (χ4v) is 4.95. The number of aromatic nitrogens is 2. The molecule has 2 aliphatic rings. The third-order valence-electron chi connectivity index (χ3n) is 6.60. The molecule has 8 heteroatoms. The molecule has 2 heterocycles. The number of benzene rings is 2. The van der Waals surface area contributed by atoms with Crippen LogP contribution in [0.5, 0.6) is 0 Å². The summed E-state index contributed by atoms with van der Waals surface area (Å²) in [7, 11) is 0. The van der Waals surface area contributed by atoms with Crippen LogP contribution in [0.25, 0.3) is 5.69 Å². The van der Waals surface area contributed by atoms with Gasteiger partial charge in [0.1, 0.15) is 5.82 Å². The standard InChI is InChI=1S/C25H23F4N3O/c1-15-6-7-17-14-18(26)10-13-21(17)31(15)24(33)16-8-11-19(12-9-16)32-22-5-3-2-4-20(22)23(30-32)25(27,28)29/h8-15H,2-7H2,1H3. The molecule has 1 unspecified atom stereocenters. The predicted octanol–water partition coefficient (Wildman–Crippen LogP) is 5.89. The van der Waals surface area contributed by atoms with Gasteiger partial charge in [0.05, 0.1) is 5.69 Å². The van der Waals surface area contributed by atoms with Crippen molar-refractivity contribution in [3.63, 3.8) is 0 Å². The number of anilines is 1. The normalized spacial score (nSPS) is 18.1. The number of halogens is 4. The van der Waals surface area contributed by atoms with Crippen molar-refractivity contribution in [2.75, 3.05) is 4.90 Å². The zero-order valence-corrected chi connectivity index (χ0v) is 18.1. The molecule has 5 rings (SSSR count). The van der Waals surface area contributed by atoms with Crippen molar-refractivity contribution in [1.29, 1.82) is 0 Å². The Kier molecular flexibility index (Phi) is 5.26. The summed E-state index contributed by atoms with van der Waals surface area (Å²) in [6.45, 7) is 1.95. The predicted molar refractivity (Wildman–Crippen MR) is 116 cm³/mol. The molecule has 1 aromatic heterocycles. The van der Waals surface area contributed by atoms with Gasteiger partial charge in [0.15, 0.2) is 5.69 Å². The Morgan fingerprint density at radius 3 is 2.48 bits per heavy atom. The van der Waals surface area contributed by atoms with E-state index in [9.17, 15) is 22.4 Å². The number of carbonyl (C=O) groups is 1. The lowest BCUT2D eigenvalue weighted by Gasteiger charge is -2.35. The quantitative estimate of drug-likeness (QED) is 0.450. The summed E-state index contributed by atoms with van der Waals surface area (Å²) < 4.78 is 55.6. The molecular formula is C25H23F4N3O. The molecule has 33 heavy (non-hydrogen) atoms. The highest BCUT2D eigenvalue weighted by Crippen LogP contribution is 2.37. The number of carbonyl (C=O) groups excluding carboxylic acids is 1. The Morgan fingerprint density at radius 1 is 1.03 bits per heavy atom. The largest absolute Gasteiger partial charge is 0.435 e. The summed E-state index contributed by atoms with van der Waals surface area (Å²) in [6, 6.07) is 10.9. The summed E-state index contributed by atoms with van der Waals surface area (Å²) in [4.78, 5) is 15.0. The molecule has 0 fully saturated rings. The van der Waals surface area contributed by atoms with E-state index in [2.05, 4.69) is 5.10 Å². The first-order valence-electron chi connectivity index (χ1n) is 11.1. The number of alkyl halides is 3. The van der Waals surface area contributed by atoms with Gasteiger partial charge in [-0.15, -0.1) is 0 Å². The minimum atomic E-state index is -4.50. The second kappa shape index (κ2) is 8.01. The second-order valence-electron chi connectivity index (χ2n) is 8.77. The molecule has 1 aliphatic carbocycles. The molecule has 0 radical (unpaired) electrons. The maximum atomic E-state index is 13.7. The summed E-state index contributed by atoms with van der Waals surface area (Å²) in [6.07, 6.45) is -0.637. The van der Waals surface area contributed by atoms with Crippen molar-refractivity contribution in [2.45, 2.75) is 57.7 Å². The number of fused-ring (bicyclic) bond motifs is 2. The van der Waals surface area contributed by atoms with Gasteiger partial charge in [-0.25, -0.2) is 9.07 Å². The lowest BCUT2D eigenvalue weighted by Crippen LogP contribution is -2.42. The molecule has 3 aromatic rings. The molecular weight excluding hydrogens is 434 g/mol. The minimum Gasteiger partial charge on any atom is -0.305 e. The van der Waals surface area contributed by atoms with Gasteiger partial charge in [-0.05, 0) is 93.5 Å².